The summed E-state index contributed by atoms with van der Waals surface area (Å²) in [6.07, 6.45) is 4.58. The number of carbonyl (C=O) groups excluding carboxylic acids is 1. The lowest BCUT2D eigenvalue weighted by Gasteiger charge is -2.23. The number of rotatable bonds is 4. The highest BCUT2D eigenvalue weighted by atomic mass is 16.5. The quantitative estimate of drug-likeness (QED) is 0.672. The third-order valence-electron chi connectivity index (χ3n) is 2.87. The lowest BCUT2D eigenvalue weighted by molar-refractivity contribution is -0.147. The number of ether oxygens (including phenoxy) is 1. The molecule has 5 nitrogen and oxygen atoms in total. The number of para-hydroxylation sites is 1. The topological polar surface area (TPSA) is 67.9 Å². The van der Waals surface area contributed by atoms with Crippen LogP contribution in [0.5, 0.6) is 0 Å². The van der Waals surface area contributed by atoms with E-state index in [-0.39, 0.29) is 11.9 Å². The van der Waals surface area contributed by atoms with E-state index in [0.717, 1.165) is 5.69 Å². The van der Waals surface area contributed by atoms with Gasteiger partial charge in [0, 0.05) is 6.20 Å². The molecule has 1 heterocycles. The highest BCUT2D eigenvalue weighted by molar-refractivity contribution is 6.03. The van der Waals surface area contributed by atoms with Crippen molar-refractivity contribution in [2.24, 2.45) is 16.8 Å². The first kappa shape index (κ1) is 13.9. The Labute approximate surface area is 118 Å². The van der Waals surface area contributed by atoms with Crippen molar-refractivity contribution in [2.45, 2.75) is 13.0 Å². The van der Waals surface area contributed by atoms with Crippen molar-refractivity contribution in [3.63, 3.8) is 0 Å². The van der Waals surface area contributed by atoms with Gasteiger partial charge in [-0.15, -0.1) is 0 Å². The number of carbonyl (C=O) groups is 1. The van der Waals surface area contributed by atoms with Gasteiger partial charge in [-0.1, -0.05) is 30.9 Å². The molecule has 20 heavy (non-hydrogen) atoms. The summed E-state index contributed by atoms with van der Waals surface area (Å²) >= 11 is 0. The van der Waals surface area contributed by atoms with Crippen molar-refractivity contribution in [3.05, 3.63) is 55.3 Å². The minimum absolute atomic E-state index is 0.206. The molecule has 5 heteroatoms. The van der Waals surface area contributed by atoms with Crippen LogP contribution in [0, 0.1) is 5.92 Å². The Bertz CT molecular complexity index is 551. The van der Waals surface area contributed by atoms with Crippen molar-refractivity contribution in [1.29, 1.82) is 0 Å². The van der Waals surface area contributed by atoms with Gasteiger partial charge < -0.3 is 10.5 Å². The molecule has 0 spiro atoms. The molecule has 0 saturated heterocycles. The number of nitrogens with two attached hydrogens (primary N) is 1. The second kappa shape index (κ2) is 6.06. The van der Waals surface area contributed by atoms with Gasteiger partial charge in [-0.25, -0.2) is 5.01 Å². The number of anilines is 1. The van der Waals surface area contributed by atoms with Gasteiger partial charge in [0.25, 0.3) is 0 Å². The van der Waals surface area contributed by atoms with Crippen LogP contribution in [0.1, 0.15) is 6.92 Å². The predicted molar refractivity (Wildman–Crippen MR) is 78.9 cm³/mol. The van der Waals surface area contributed by atoms with Gasteiger partial charge in [-0.3, -0.25) is 4.79 Å². The SMILES string of the molecule is C=CC(C)OC(=O)C1C=CN(c2ccccc2)N=C1N. The molecule has 0 radical (unpaired) electrons. The average molecular weight is 271 g/mol. The molecule has 1 aromatic rings. The Kier molecular flexibility index (Phi) is 4.20. The molecule has 1 aromatic carbocycles. The summed E-state index contributed by atoms with van der Waals surface area (Å²) in [5, 5.41) is 5.82. The molecule has 0 aliphatic carbocycles. The fourth-order valence-electron chi connectivity index (χ4n) is 1.71. The maximum absolute atomic E-state index is 11.9. The van der Waals surface area contributed by atoms with Crippen LogP contribution in [0.4, 0.5) is 5.69 Å². The minimum atomic E-state index is -0.655. The molecular weight excluding hydrogens is 254 g/mol. The molecule has 2 N–H and O–H groups in total. The lowest BCUT2D eigenvalue weighted by Crippen LogP contribution is -2.36. The van der Waals surface area contributed by atoms with Crippen LogP contribution in [-0.2, 0) is 9.53 Å². The zero-order valence-corrected chi connectivity index (χ0v) is 11.3. The van der Waals surface area contributed by atoms with Crippen LogP contribution in [0.2, 0.25) is 0 Å². The molecule has 0 saturated carbocycles. The van der Waals surface area contributed by atoms with E-state index < -0.39 is 11.9 Å². The molecule has 1 aliphatic rings. The van der Waals surface area contributed by atoms with Crippen LogP contribution in [0.25, 0.3) is 0 Å². The zero-order valence-electron chi connectivity index (χ0n) is 11.3. The van der Waals surface area contributed by atoms with E-state index in [1.165, 1.54) is 0 Å². The monoisotopic (exact) mass is 271 g/mol. The van der Waals surface area contributed by atoms with Crippen molar-refractivity contribution in [3.8, 4) is 0 Å². The molecule has 2 atom stereocenters. The zero-order chi connectivity index (χ0) is 14.5. The predicted octanol–water partition coefficient (Wildman–Crippen LogP) is 2.03. The number of benzene rings is 1. The van der Waals surface area contributed by atoms with Crippen molar-refractivity contribution >= 4 is 17.5 Å². The summed E-state index contributed by atoms with van der Waals surface area (Å²) in [5.74, 6) is -0.877. The van der Waals surface area contributed by atoms with Crippen molar-refractivity contribution in [2.75, 3.05) is 5.01 Å². The standard InChI is InChI=1S/C15H17N3O2/c1-3-11(2)20-15(19)13-9-10-18(17-14(13)16)12-7-5-4-6-8-12/h3-11,13H,1H2,2H3,(H2,16,17). The highest BCUT2D eigenvalue weighted by Crippen LogP contribution is 2.19. The maximum atomic E-state index is 11.9. The van der Waals surface area contributed by atoms with Gasteiger partial charge in [0.2, 0.25) is 0 Å². The van der Waals surface area contributed by atoms with E-state index in [2.05, 4.69) is 11.7 Å². The van der Waals surface area contributed by atoms with Crippen molar-refractivity contribution in [1.82, 2.24) is 0 Å². The van der Waals surface area contributed by atoms with Gasteiger partial charge >= 0.3 is 5.97 Å². The number of amidine groups is 1. The number of hydrazone groups is 1. The van der Waals surface area contributed by atoms with Gasteiger partial charge in [0.15, 0.2) is 0 Å². The Morgan fingerprint density at radius 3 is 2.80 bits per heavy atom. The third-order valence-corrected chi connectivity index (χ3v) is 2.87. The molecule has 0 fully saturated rings. The van der Waals surface area contributed by atoms with Crippen LogP contribution >= 0.6 is 0 Å². The second-order valence-electron chi connectivity index (χ2n) is 4.40. The molecule has 104 valence electrons. The minimum Gasteiger partial charge on any atom is -0.458 e. The Balaban J connectivity index is 2.10. The first-order valence-electron chi connectivity index (χ1n) is 6.31. The molecule has 2 unspecified atom stereocenters. The number of esters is 1. The summed E-state index contributed by atoms with van der Waals surface area (Å²) in [4.78, 5) is 11.9. The number of hydrogen-bond donors (Lipinski definition) is 1. The van der Waals surface area contributed by atoms with Crippen molar-refractivity contribution < 1.29 is 9.53 Å². The summed E-state index contributed by atoms with van der Waals surface area (Å²) < 4.78 is 5.16. The smallest absolute Gasteiger partial charge is 0.321 e. The Hall–Kier alpha value is -2.56. The van der Waals surface area contributed by atoms with Crippen LogP contribution in [0.3, 0.4) is 0 Å². The number of hydrogen-bond acceptors (Lipinski definition) is 5. The van der Waals surface area contributed by atoms with Gasteiger partial charge in [-0.05, 0) is 25.1 Å². The van der Waals surface area contributed by atoms with Crippen LogP contribution in [0.15, 0.2) is 60.4 Å². The van der Waals surface area contributed by atoms with E-state index in [1.54, 1.807) is 30.3 Å². The number of nitrogens with zero attached hydrogens (tertiary/aromatic N) is 2. The fraction of sp³-hybridized carbons (Fsp3) is 0.200. The largest absolute Gasteiger partial charge is 0.458 e. The first-order chi connectivity index (χ1) is 9.61. The van der Waals surface area contributed by atoms with Crippen LogP contribution < -0.4 is 10.7 Å². The Morgan fingerprint density at radius 1 is 1.50 bits per heavy atom. The van der Waals surface area contributed by atoms with E-state index in [9.17, 15) is 4.79 Å². The third kappa shape index (κ3) is 3.06. The lowest BCUT2D eigenvalue weighted by atomic mass is 10.1. The molecule has 0 amide bonds. The van der Waals surface area contributed by atoms with E-state index in [0.29, 0.717) is 0 Å². The summed E-state index contributed by atoms with van der Waals surface area (Å²) in [6, 6.07) is 9.53. The van der Waals surface area contributed by atoms with E-state index >= 15 is 0 Å². The molecule has 1 aliphatic heterocycles. The van der Waals surface area contributed by atoms with E-state index in [4.69, 9.17) is 10.5 Å². The summed E-state index contributed by atoms with van der Waals surface area (Å²) in [6.45, 7) is 5.30. The molecule has 0 bridgehead atoms. The summed E-state index contributed by atoms with van der Waals surface area (Å²) in [7, 11) is 0. The van der Waals surface area contributed by atoms with Gasteiger partial charge in [0.1, 0.15) is 17.9 Å². The molecular formula is C15H17N3O2. The Morgan fingerprint density at radius 2 is 2.20 bits per heavy atom. The van der Waals surface area contributed by atoms with E-state index in [1.807, 2.05) is 30.3 Å². The van der Waals surface area contributed by atoms with Gasteiger partial charge in [-0.2, -0.15) is 5.10 Å². The molecule has 0 aromatic heterocycles. The van der Waals surface area contributed by atoms with Crippen LogP contribution in [-0.4, -0.2) is 17.9 Å². The normalized spacial score (nSPS) is 19.1. The second-order valence-corrected chi connectivity index (χ2v) is 4.40. The van der Waals surface area contributed by atoms with Gasteiger partial charge in [0.05, 0.1) is 5.69 Å². The summed E-state index contributed by atoms with van der Waals surface area (Å²) in [5.41, 5.74) is 6.73. The maximum Gasteiger partial charge on any atom is 0.321 e. The first-order valence-corrected chi connectivity index (χ1v) is 6.31. The highest BCUT2D eigenvalue weighted by Gasteiger charge is 2.26. The average Bonchev–Trinajstić information content (AvgIpc) is 2.47. The molecule has 2 rings (SSSR count). The fourth-order valence-corrected chi connectivity index (χ4v) is 1.71.